The molecule has 0 amide bonds. The number of hydrogen-bond donors (Lipinski definition) is 1. The standard InChI is InChI=1S/C12H22N4O2/c1-9(13-2)11-14-15-12(18-11)16-6-4-5-10(7-16)8-17-3/h9-10,13H,4-8H2,1-3H3. The van der Waals surface area contributed by atoms with Crippen LogP contribution in [0.1, 0.15) is 31.7 Å². The van der Waals surface area contributed by atoms with E-state index in [1.54, 1.807) is 7.11 Å². The molecule has 1 aliphatic rings. The van der Waals surface area contributed by atoms with Crippen molar-refractivity contribution in [2.24, 2.45) is 5.92 Å². The highest BCUT2D eigenvalue weighted by Gasteiger charge is 2.24. The maximum absolute atomic E-state index is 5.70. The summed E-state index contributed by atoms with van der Waals surface area (Å²) in [5, 5.41) is 11.3. The fourth-order valence-electron chi connectivity index (χ4n) is 2.26. The van der Waals surface area contributed by atoms with Crippen molar-refractivity contribution in [2.75, 3.05) is 38.8 Å². The summed E-state index contributed by atoms with van der Waals surface area (Å²) >= 11 is 0. The van der Waals surface area contributed by atoms with E-state index in [4.69, 9.17) is 9.15 Å². The fourth-order valence-corrected chi connectivity index (χ4v) is 2.26. The van der Waals surface area contributed by atoms with Crippen LogP contribution in [0.2, 0.25) is 0 Å². The van der Waals surface area contributed by atoms with E-state index in [-0.39, 0.29) is 6.04 Å². The van der Waals surface area contributed by atoms with Crippen LogP contribution in [0.25, 0.3) is 0 Å². The molecule has 1 fully saturated rings. The van der Waals surface area contributed by atoms with Crippen molar-refractivity contribution in [1.29, 1.82) is 0 Å². The maximum Gasteiger partial charge on any atom is 0.318 e. The first kappa shape index (κ1) is 13.3. The Labute approximate surface area is 108 Å². The van der Waals surface area contributed by atoms with Gasteiger partial charge in [0.2, 0.25) is 5.89 Å². The van der Waals surface area contributed by atoms with Crippen LogP contribution in [0, 0.1) is 5.92 Å². The Bertz CT molecular complexity index is 367. The first-order valence-corrected chi connectivity index (χ1v) is 6.49. The van der Waals surface area contributed by atoms with Crippen molar-refractivity contribution >= 4 is 6.01 Å². The van der Waals surface area contributed by atoms with Gasteiger partial charge >= 0.3 is 6.01 Å². The summed E-state index contributed by atoms with van der Waals surface area (Å²) in [5.41, 5.74) is 0. The molecular weight excluding hydrogens is 232 g/mol. The number of ether oxygens (including phenoxy) is 1. The van der Waals surface area contributed by atoms with Crippen molar-refractivity contribution in [3.05, 3.63) is 5.89 Å². The zero-order chi connectivity index (χ0) is 13.0. The third-order valence-electron chi connectivity index (χ3n) is 3.43. The van der Waals surface area contributed by atoms with Crippen molar-refractivity contribution in [3.8, 4) is 0 Å². The zero-order valence-electron chi connectivity index (χ0n) is 11.3. The molecule has 2 unspecified atom stereocenters. The van der Waals surface area contributed by atoms with Crippen molar-refractivity contribution in [3.63, 3.8) is 0 Å². The van der Waals surface area contributed by atoms with Crippen LogP contribution in [0.15, 0.2) is 4.42 Å². The van der Waals surface area contributed by atoms with Crippen molar-refractivity contribution in [2.45, 2.75) is 25.8 Å². The Kier molecular flexibility index (Phi) is 4.54. The smallest absolute Gasteiger partial charge is 0.318 e. The number of aromatic nitrogens is 2. The lowest BCUT2D eigenvalue weighted by molar-refractivity contribution is 0.142. The molecule has 1 N–H and O–H groups in total. The van der Waals surface area contributed by atoms with Gasteiger partial charge in [-0.15, -0.1) is 5.10 Å². The number of nitrogens with zero attached hydrogens (tertiary/aromatic N) is 3. The van der Waals surface area contributed by atoms with E-state index < -0.39 is 0 Å². The molecule has 2 atom stereocenters. The molecule has 0 radical (unpaired) electrons. The summed E-state index contributed by atoms with van der Waals surface area (Å²) in [6, 6.07) is 0.721. The highest BCUT2D eigenvalue weighted by atomic mass is 16.5. The van der Waals surface area contributed by atoms with E-state index in [0.29, 0.717) is 17.8 Å². The second-order valence-electron chi connectivity index (χ2n) is 4.84. The minimum Gasteiger partial charge on any atom is -0.406 e. The van der Waals surface area contributed by atoms with Crippen molar-refractivity contribution in [1.82, 2.24) is 15.5 Å². The summed E-state index contributed by atoms with van der Waals surface area (Å²) in [7, 11) is 3.63. The van der Waals surface area contributed by atoms with E-state index in [2.05, 4.69) is 20.4 Å². The molecule has 6 nitrogen and oxygen atoms in total. The highest BCUT2D eigenvalue weighted by molar-refractivity contribution is 5.25. The van der Waals surface area contributed by atoms with Crippen LogP contribution < -0.4 is 10.2 Å². The Balaban J connectivity index is 2.00. The molecule has 0 aliphatic carbocycles. The van der Waals surface area contributed by atoms with Gasteiger partial charge in [-0.3, -0.25) is 0 Å². The van der Waals surface area contributed by atoms with Crippen LogP contribution in [-0.2, 0) is 4.74 Å². The van der Waals surface area contributed by atoms with Gasteiger partial charge in [0, 0.05) is 26.1 Å². The van der Waals surface area contributed by atoms with Gasteiger partial charge in [-0.2, -0.15) is 0 Å². The van der Waals surface area contributed by atoms with Crippen LogP contribution in [0.5, 0.6) is 0 Å². The predicted octanol–water partition coefficient (Wildman–Crippen LogP) is 1.21. The highest BCUT2D eigenvalue weighted by Crippen LogP contribution is 2.23. The van der Waals surface area contributed by atoms with E-state index in [9.17, 15) is 0 Å². The van der Waals surface area contributed by atoms with E-state index in [1.807, 2.05) is 14.0 Å². The monoisotopic (exact) mass is 254 g/mol. The molecule has 1 saturated heterocycles. The molecule has 2 heterocycles. The van der Waals surface area contributed by atoms with Gasteiger partial charge in [-0.05, 0) is 26.8 Å². The normalized spacial score (nSPS) is 22.2. The summed E-state index contributed by atoms with van der Waals surface area (Å²) < 4.78 is 10.9. The summed E-state index contributed by atoms with van der Waals surface area (Å²) in [4.78, 5) is 2.16. The van der Waals surface area contributed by atoms with Gasteiger partial charge < -0.3 is 19.4 Å². The molecule has 2 rings (SSSR count). The Morgan fingerprint density at radius 1 is 1.56 bits per heavy atom. The maximum atomic E-state index is 5.70. The average Bonchev–Trinajstić information content (AvgIpc) is 2.88. The van der Waals surface area contributed by atoms with Crippen molar-refractivity contribution < 1.29 is 9.15 Å². The number of hydrogen-bond acceptors (Lipinski definition) is 6. The van der Waals surface area contributed by atoms with Crippen LogP contribution in [0.3, 0.4) is 0 Å². The Morgan fingerprint density at radius 2 is 2.39 bits per heavy atom. The molecule has 1 aliphatic heterocycles. The number of anilines is 1. The fraction of sp³-hybridized carbons (Fsp3) is 0.833. The minimum absolute atomic E-state index is 0.0887. The number of rotatable bonds is 5. The summed E-state index contributed by atoms with van der Waals surface area (Å²) in [6.45, 7) is 4.71. The lowest BCUT2D eigenvalue weighted by Gasteiger charge is -2.30. The van der Waals surface area contributed by atoms with Gasteiger partial charge in [0.25, 0.3) is 0 Å². The number of nitrogens with one attached hydrogen (secondary N) is 1. The number of piperidine rings is 1. The Morgan fingerprint density at radius 3 is 3.11 bits per heavy atom. The van der Waals surface area contributed by atoms with Crippen LogP contribution >= 0.6 is 0 Å². The average molecular weight is 254 g/mol. The lowest BCUT2D eigenvalue weighted by Crippen LogP contribution is -2.37. The first-order chi connectivity index (χ1) is 8.74. The SMILES string of the molecule is CNC(C)c1nnc(N2CCCC(COC)C2)o1. The molecule has 18 heavy (non-hydrogen) atoms. The predicted molar refractivity (Wildman–Crippen MR) is 68.6 cm³/mol. The second kappa shape index (κ2) is 6.15. The third kappa shape index (κ3) is 3.00. The van der Waals surface area contributed by atoms with E-state index in [1.165, 1.54) is 6.42 Å². The van der Waals surface area contributed by atoms with E-state index >= 15 is 0 Å². The van der Waals surface area contributed by atoms with Gasteiger partial charge in [0.05, 0.1) is 12.6 Å². The number of methoxy groups -OCH3 is 1. The third-order valence-corrected chi connectivity index (χ3v) is 3.43. The summed E-state index contributed by atoms with van der Waals surface area (Å²) in [5.74, 6) is 1.20. The quantitative estimate of drug-likeness (QED) is 0.852. The molecule has 0 bridgehead atoms. The van der Waals surface area contributed by atoms with E-state index in [0.717, 1.165) is 26.1 Å². The molecule has 6 heteroatoms. The van der Waals surface area contributed by atoms with Gasteiger partial charge in [-0.25, -0.2) is 0 Å². The minimum atomic E-state index is 0.0887. The van der Waals surface area contributed by atoms with Gasteiger partial charge in [-0.1, -0.05) is 5.10 Å². The molecular formula is C12H22N4O2. The van der Waals surface area contributed by atoms with Crippen LogP contribution in [-0.4, -0.2) is 44.1 Å². The molecule has 0 spiro atoms. The molecule has 0 saturated carbocycles. The topological polar surface area (TPSA) is 63.4 Å². The molecule has 1 aromatic heterocycles. The molecule has 0 aromatic carbocycles. The Hall–Kier alpha value is -1.14. The zero-order valence-corrected chi connectivity index (χ0v) is 11.3. The first-order valence-electron chi connectivity index (χ1n) is 6.49. The van der Waals surface area contributed by atoms with Gasteiger partial charge in [0.15, 0.2) is 0 Å². The molecule has 102 valence electrons. The molecule has 1 aromatic rings. The second-order valence-corrected chi connectivity index (χ2v) is 4.84. The summed E-state index contributed by atoms with van der Waals surface area (Å²) in [6.07, 6.45) is 2.35. The van der Waals surface area contributed by atoms with Gasteiger partial charge in [0.1, 0.15) is 0 Å². The largest absolute Gasteiger partial charge is 0.406 e. The lowest BCUT2D eigenvalue weighted by atomic mass is 9.99. The van der Waals surface area contributed by atoms with Crippen LogP contribution in [0.4, 0.5) is 6.01 Å².